The Morgan fingerprint density at radius 2 is 2.22 bits per heavy atom. The molecule has 96 valence electrons. The summed E-state index contributed by atoms with van der Waals surface area (Å²) in [4.78, 5) is 14.3. The zero-order chi connectivity index (χ0) is 12.7. The summed E-state index contributed by atoms with van der Waals surface area (Å²) in [5.41, 5.74) is 1.92. The molecule has 0 unspecified atom stereocenters. The molecule has 0 saturated carbocycles. The van der Waals surface area contributed by atoms with E-state index in [1.54, 1.807) is 0 Å². The summed E-state index contributed by atoms with van der Waals surface area (Å²) < 4.78 is 5.83. The van der Waals surface area contributed by atoms with Crippen molar-refractivity contribution in [1.29, 1.82) is 0 Å². The highest BCUT2D eigenvalue weighted by molar-refractivity contribution is 5.94. The molecule has 2 saturated heterocycles. The maximum atomic E-state index is 12.4. The van der Waals surface area contributed by atoms with Crippen molar-refractivity contribution in [2.45, 2.75) is 32.5 Å². The number of nitrogens with zero attached hydrogens (tertiary/aromatic N) is 1. The maximum absolute atomic E-state index is 12.4. The molecule has 1 amide bonds. The molecule has 3 rings (SSSR count). The molecule has 0 N–H and O–H groups in total. The first-order valence-electron chi connectivity index (χ1n) is 6.65. The number of ether oxygens (including phenoxy) is 1. The van der Waals surface area contributed by atoms with E-state index in [0.717, 1.165) is 30.6 Å². The number of rotatable bonds is 1. The Balaban J connectivity index is 1.72. The van der Waals surface area contributed by atoms with Crippen molar-refractivity contribution in [3.8, 4) is 0 Å². The van der Waals surface area contributed by atoms with E-state index in [1.165, 1.54) is 0 Å². The van der Waals surface area contributed by atoms with Crippen LogP contribution in [0.5, 0.6) is 0 Å². The van der Waals surface area contributed by atoms with Gasteiger partial charge in [0.2, 0.25) is 0 Å². The summed E-state index contributed by atoms with van der Waals surface area (Å²) in [5, 5.41) is 0. The number of fused-ring (bicyclic) bond motifs is 1. The molecule has 3 heteroatoms. The molecule has 2 aliphatic heterocycles. The lowest BCUT2D eigenvalue weighted by molar-refractivity contribution is 0.0443. The summed E-state index contributed by atoms with van der Waals surface area (Å²) in [6.45, 7) is 5.73. The number of aryl methyl sites for hydroxylation is 1. The van der Waals surface area contributed by atoms with Crippen molar-refractivity contribution in [3.63, 3.8) is 0 Å². The normalized spacial score (nSPS) is 30.6. The van der Waals surface area contributed by atoms with Gasteiger partial charge in [0.15, 0.2) is 0 Å². The van der Waals surface area contributed by atoms with Crippen LogP contribution in [0.2, 0.25) is 0 Å². The molecule has 3 nitrogen and oxygen atoms in total. The largest absolute Gasteiger partial charge is 0.373 e. The molecule has 0 aliphatic carbocycles. The first kappa shape index (κ1) is 11.7. The SMILES string of the molecule is Cc1cccc(C(=O)N2C[C@@H]3C[C@@H](C)O[C@@H]3C2)c1. The van der Waals surface area contributed by atoms with E-state index in [9.17, 15) is 4.79 Å². The van der Waals surface area contributed by atoms with Gasteiger partial charge in [0, 0.05) is 24.6 Å². The minimum atomic E-state index is 0.143. The highest BCUT2D eigenvalue weighted by Gasteiger charge is 2.42. The topological polar surface area (TPSA) is 29.5 Å². The fourth-order valence-electron chi connectivity index (χ4n) is 3.13. The van der Waals surface area contributed by atoms with Gasteiger partial charge < -0.3 is 9.64 Å². The van der Waals surface area contributed by atoms with Crippen LogP contribution in [0.3, 0.4) is 0 Å². The van der Waals surface area contributed by atoms with Crippen LogP contribution < -0.4 is 0 Å². The summed E-state index contributed by atoms with van der Waals surface area (Å²) >= 11 is 0. The fraction of sp³-hybridized carbons (Fsp3) is 0.533. The molecule has 0 spiro atoms. The average molecular weight is 245 g/mol. The van der Waals surface area contributed by atoms with Gasteiger partial charge in [-0.05, 0) is 32.4 Å². The minimum Gasteiger partial charge on any atom is -0.373 e. The second-order valence-electron chi connectivity index (χ2n) is 5.56. The van der Waals surface area contributed by atoms with Crippen LogP contribution in [0.1, 0.15) is 29.3 Å². The highest BCUT2D eigenvalue weighted by Crippen LogP contribution is 2.33. The molecular formula is C15H19NO2. The molecule has 18 heavy (non-hydrogen) atoms. The monoisotopic (exact) mass is 245 g/mol. The predicted molar refractivity (Wildman–Crippen MR) is 69.5 cm³/mol. The van der Waals surface area contributed by atoms with Gasteiger partial charge in [-0.2, -0.15) is 0 Å². The van der Waals surface area contributed by atoms with Crippen molar-refractivity contribution in [1.82, 2.24) is 4.90 Å². The smallest absolute Gasteiger partial charge is 0.253 e. The molecule has 1 aromatic carbocycles. The van der Waals surface area contributed by atoms with Gasteiger partial charge in [0.05, 0.1) is 12.2 Å². The van der Waals surface area contributed by atoms with Gasteiger partial charge in [0.1, 0.15) is 0 Å². The Kier molecular flexibility index (Phi) is 2.86. The molecule has 2 aliphatic rings. The number of amides is 1. The standard InChI is InChI=1S/C15H19NO2/c1-10-4-3-5-12(6-10)15(17)16-8-13-7-11(2)18-14(13)9-16/h3-6,11,13-14H,7-9H2,1-2H3/t11-,13+,14-/m1/s1. The van der Waals surface area contributed by atoms with E-state index < -0.39 is 0 Å². The zero-order valence-electron chi connectivity index (χ0n) is 10.9. The highest BCUT2D eigenvalue weighted by atomic mass is 16.5. The third-order valence-electron chi connectivity index (χ3n) is 3.98. The first-order valence-corrected chi connectivity index (χ1v) is 6.65. The third-order valence-corrected chi connectivity index (χ3v) is 3.98. The van der Waals surface area contributed by atoms with Crippen LogP contribution in [0, 0.1) is 12.8 Å². The first-order chi connectivity index (χ1) is 8.63. The minimum absolute atomic E-state index is 0.143. The van der Waals surface area contributed by atoms with E-state index in [-0.39, 0.29) is 12.0 Å². The van der Waals surface area contributed by atoms with Crippen molar-refractivity contribution in [3.05, 3.63) is 35.4 Å². The van der Waals surface area contributed by atoms with E-state index in [1.807, 2.05) is 36.1 Å². The van der Waals surface area contributed by atoms with Gasteiger partial charge in [-0.1, -0.05) is 17.7 Å². The number of carbonyl (C=O) groups excluding carboxylic acids is 1. The molecule has 0 radical (unpaired) electrons. The van der Waals surface area contributed by atoms with Crippen molar-refractivity contribution >= 4 is 5.91 Å². The second kappa shape index (κ2) is 4.39. The lowest BCUT2D eigenvalue weighted by Crippen LogP contribution is -2.31. The average Bonchev–Trinajstić information content (AvgIpc) is 2.85. The van der Waals surface area contributed by atoms with Gasteiger partial charge >= 0.3 is 0 Å². The fourth-order valence-corrected chi connectivity index (χ4v) is 3.13. The summed E-state index contributed by atoms with van der Waals surface area (Å²) in [6.07, 6.45) is 1.70. The van der Waals surface area contributed by atoms with Crippen LogP contribution in [-0.2, 0) is 4.74 Å². The van der Waals surface area contributed by atoms with E-state index in [2.05, 4.69) is 6.92 Å². The van der Waals surface area contributed by atoms with Gasteiger partial charge in [0.25, 0.3) is 5.91 Å². The number of carbonyl (C=O) groups is 1. The molecule has 3 atom stereocenters. The van der Waals surface area contributed by atoms with Crippen molar-refractivity contribution in [2.75, 3.05) is 13.1 Å². The van der Waals surface area contributed by atoms with E-state index in [0.29, 0.717) is 12.0 Å². The zero-order valence-corrected chi connectivity index (χ0v) is 10.9. The predicted octanol–water partition coefficient (Wildman–Crippen LogP) is 2.24. The van der Waals surface area contributed by atoms with Gasteiger partial charge in [-0.3, -0.25) is 4.79 Å². The Morgan fingerprint density at radius 3 is 2.94 bits per heavy atom. The Labute approximate surface area is 108 Å². The molecule has 2 heterocycles. The third kappa shape index (κ3) is 2.03. The maximum Gasteiger partial charge on any atom is 0.253 e. The van der Waals surface area contributed by atoms with Crippen molar-refractivity contribution < 1.29 is 9.53 Å². The lowest BCUT2D eigenvalue weighted by atomic mass is 10.0. The number of hydrogen-bond acceptors (Lipinski definition) is 2. The Morgan fingerprint density at radius 1 is 1.39 bits per heavy atom. The van der Waals surface area contributed by atoms with Crippen LogP contribution in [0.4, 0.5) is 0 Å². The van der Waals surface area contributed by atoms with Crippen LogP contribution >= 0.6 is 0 Å². The Hall–Kier alpha value is -1.35. The number of likely N-dealkylation sites (tertiary alicyclic amines) is 1. The van der Waals surface area contributed by atoms with Gasteiger partial charge in [-0.15, -0.1) is 0 Å². The van der Waals surface area contributed by atoms with E-state index in [4.69, 9.17) is 4.74 Å². The van der Waals surface area contributed by atoms with Gasteiger partial charge in [-0.25, -0.2) is 0 Å². The van der Waals surface area contributed by atoms with Crippen molar-refractivity contribution in [2.24, 2.45) is 5.92 Å². The van der Waals surface area contributed by atoms with Crippen LogP contribution in [-0.4, -0.2) is 36.1 Å². The van der Waals surface area contributed by atoms with Crippen LogP contribution in [0.15, 0.2) is 24.3 Å². The van der Waals surface area contributed by atoms with Crippen LogP contribution in [0.25, 0.3) is 0 Å². The second-order valence-corrected chi connectivity index (χ2v) is 5.56. The quantitative estimate of drug-likeness (QED) is 0.759. The molecule has 0 aromatic heterocycles. The Bertz CT molecular complexity index is 457. The molecule has 1 aromatic rings. The lowest BCUT2D eigenvalue weighted by Gasteiger charge is -2.18. The molecule has 2 fully saturated rings. The summed E-state index contributed by atoms with van der Waals surface area (Å²) in [7, 11) is 0. The molecule has 0 bridgehead atoms. The number of hydrogen-bond donors (Lipinski definition) is 0. The summed E-state index contributed by atoms with van der Waals surface area (Å²) in [5.74, 6) is 0.679. The number of benzene rings is 1. The van der Waals surface area contributed by atoms with E-state index >= 15 is 0 Å². The summed E-state index contributed by atoms with van der Waals surface area (Å²) in [6, 6.07) is 7.81. The molecular weight excluding hydrogens is 226 g/mol.